The molecule has 3 atom stereocenters. The average molecular weight is 210 g/mol. The molecule has 1 aliphatic rings. The first-order valence-electron chi connectivity index (χ1n) is 3.72. The maximum atomic E-state index is 12.8. The highest BCUT2D eigenvalue weighted by Crippen LogP contribution is 2.30. The Morgan fingerprint density at radius 3 is 2.70 bits per heavy atom. The lowest BCUT2D eigenvalue weighted by Crippen LogP contribution is -2.30. The topological polar surface area (TPSA) is 26.0 Å². The van der Waals surface area contributed by atoms with E-state index in [0.29, 0.717) is 18.9 Å². The maximum absolute atomic E-state index is 12.8. The third-order valence-electron chi connectivity index (χ3n) is 2.13. The van der Waals surface area contributed by atoms with Gasteiger partial charge in [-0.05, 0) is 31.7 Å². The van der Waals surface area contributed by atoms with E-state index in [0.717, 1.165) is 12.8 Å². The Morgan fingerprint density at radius 1 is 1.50 bits per heavy atom. The molecule has 0 heterocycles. The van der Waals surface area contributed by atoms with Gasteiger partial charge in [-0.25, -0.2) is 4.39 Å². The van der Waals surface area contributed by atoms with E-state index in [1.165, 1.54) is 0 Å². The Kier molecular flexibility index (Phi) is 3.11. The molecule has 10 heavy (non-hydrogen) atoms. The second-order valence-corrected chi connectivity index (χ2v) is 4.12. The van der Waals surface area contributed by atoms with Gasteiger partial charge in [0.05, 0.1) is 0 Å². The summed E-state index contributed by atoms with van der Waals surface area (Å²) in [6, 6.07) is 0. The van der Waals surface area contributed by atoms with Crippen molar-refractivity contribution in [1.29, 1.82) is 0 Å². The van der Waals surface area contributed by atoms with Crippen molar-refractivity contribution in [1.82, 2.24) is 0 Å². The molecule has 1 nitrogen and oxygen atoms in total. The summed E-state index contributed by atoms with van der Waals surface area (Å²) in [5, 5.41) is 0. The van der Waals surface area contributed by atoms with Gasteiger partial charge in [-0.15, -0.1) is 0 Å². The van der Waals surface area contributed by atoms with Crippen LogP contribution in [0.2, 0.25) is 0 Å². The summed E-state index contributed by atoms with van der Waals surface area (Å²) >= 11 is 3.30. The molecule has 0 aromatic rings. The Bertz CT molecular complexity index is 110. The first kappa shape index (κ1) is 8.47. The van der Waals surface area contributed by atoms with E-state index < -0.39 is 6.17 Å². The molecule has 1 fully saturated rings. The van der Waals surface area contributed by atoms with Crippen molar-refractivity contribution in [3.05, 3.63) is 0 Å². The van der Waals surface area contributed by atoms with E-state index in [9.17, 15) is 4.39 Å². The van der Waals surface area contributed by atoms with Crippen molar-refractivity contribution in [2.24, 2.45) is 11.7 Å². The van der Waals surface area contributed by atoms with Crippen LogP contribution in [-0.2, 0) is 0 Å². The summed E-state index contributed by atoms with van der Waals surface area (Å²) in [6.07, 6.45) is 1.89. The van der Waals surface area contributed by atoms with Crippen LogP contribution < -0.4 is 5.73 Å². The van der Waals surface area contributed by atoms with Crippen LogP contribution in [0.5, 0.6) is 0 Å². The van der Waals surface area contributed by atoms with Gasteiger partial charge in [0.2, 0.25) is 0 Å². The van der Waals surface area contributed by atoms with Gasteiger partial charge in [-0.1, -0.05) is 15.9 Å². The molecule has 3 unspecified atom stereocenters. The van der Waals surface area contributed by atoms with E-state index in [1.807, 2.05) is 0 Å². The molecule has 0 amide bonds. The second-order valence-electron chi connectivity index (χ2n) is 2.95. The zero-order chi connectivity index (χ0) is 7.56. The van der Waals surface area contributed by atoms with Crippen LogP contribution in [0.25, 0.3) is 0 Å². The number of rotatable bonds is 1. The van der Waals surface area contributed by atoms with Gasteiger partial charge in [0.1, 0.15) is 6.17 Å². The van der Waals surface area contributed by atoms with E-state index >= 15 is 0 Å². The standard InChI is InChI=1S/C7H13BrFN/c8-6-3-5(4-10)1-2-7(6)9/h5-7H,1-4,10H2. The second kappa shape index (κ2) is 3.67. The van der Waals surface area contributed by atoms with E-state index in [-0.39, 0.29) is 4.83 Å². The molecule has 0 radical (unpaired) electrons. The predicted molar refractivity (Wildman–Crippen MR) is 44.0 cm³/mol. The van der Waals surface area contributed by atoms with Crippen LogP contribution in [0, 0.1) is 5.92 Å². The van der Waals surface area contributed by atoms with Crippen LogP contribution in [-0.4, -0.2) is 17.5 Å². The highest BCUT2D eigenvalue weighted by atomic mass is 79.9. The molecular weight excluding hydrogens is 197 g/mol. The normalized spacial score (nSPS) is 41.7. The fourth-order valence-corrected chi connectivity index (χ4v) is 2.17. The number of hydrogen-bond donors (Lipinski definition) is 1. The van der Waals surface area contributed by atoms with Crippen molar-refractivity contribution >= 4 is 15.9 Å². The highest BCUT2D eigenvalue weighted by molar-refractivity contribution is 9.09. The third-order valence-corrected chi connectivity index (χ3v) is 3.08. The fraction of sp³-hybridized carbons (Fsp3) is 1.00. The van der Waals surface area contributed by atoms with Crippen LogP contribution in [0.3, 0.4) is 0 Å². The zero-order valence-electron chi connectivity index (χ0n) is 5.89. The summed E-state index contributed by atoms with van der Waals surface area (Å²) in [7, 11) is 0. The molecule has 0 bridgehead atoms. The highest BCUT2D eigenvalue weighted by Gasteiger charge is 2.27. The molecule has 1 rings (SSSR count). The largest absolute Gasteiger partial charge is 0.330 e. The lowest BCUT2D eigenvalue weighted by Gasteiger charge is -2.27. The molecule has 60 valence electrons. The zero-order valence-corrected chi connectivity index (χ0v) is 7.48. The summed E-state index contributed by atoms with van der Waals surface area (Å²) in [6.45, 7) is 0.703. The summed E-state index contributed by atoms with van der Waals surface area (Å²) in [5.74, 6) is 0.538. The van der Waals surface area contributed by atoms with Crippen molar-refractivity contribution in [2.45, 2.75) is 30.3 Å². The fourth-order valence-electron chi connectivity index (χ4n) is 1.37. The summed E-state index contributed by atoms with van der Waals surface area (Å²) in [4.78, 5) is 0.0507. The summed E-state index contributed by atoms with van der Waals surface area (Å²) in [5.41, 5.74) is 5.47. The molecular formula is C7H13BrFN. The summed E-state index contributed by atoms with van der Waals surface area (Å²) < 4.78 is 12.8. The van der Waals surface area contributed by atoms with Gasteiger partial charge < -0.3 is 5.73 Å². The van der Waals surface area contributed by atoms with Gasteiger partial charge in [-0.3, -0.25) is 0 Å². The van der Waals surface area contributed by atoms with Crippen LogP contribution in [0.15, 0.2) is 0 Å². The molecule has 0 spiro atoms. The molecule has 1 aliphatic carbocycles. The van der Waals surface area contributed by atoms with Crippen molar-refractivity contribution in [3.63, 3.8) is 0 Å². The predicted octanol–water partition coefficient (Wildman–Crippen LogP) is 1.85. The number of nitrogens with two attached hydrogens (primary N) is 1. The quantitative estimate of drug-likeness (QED) is 0.656. The Morgan fingerprint density at radius 2 is 2.20 bits per heavy atom. The van der Waals surface area contributed by atoms with Crippen LogP contribution in [0.1, 0.15) is 19.3 Å². The molecule has 1 saturated carbocycles. The van der Waals surface area contributed by atoms with Gasteiger partial charge in [0.25, 0.3) is 0 Å². The molecule has 0 aliphatic heterocycles. The SMILES string of the molecule is NCC1CCC(F)C(Br)C1. The Labute approximate surface area is 69.3 Å². The third kappa shape index (κ3) is 1.92. The molecule has 0 aromatic carbocycles. The van der Waals surface area contributed by atoms with Gasteiger partial charge in [0.15, 0.2) is 0 Å². The van der Waals surface area contributed by atoms with Gasteiger partial charge >= 0.3 is 0 Å². The van der Waals surface area contributed by atoms with Crippen LogP contribution in [0.4, 0.5) is 4.39 Å². The molecule has 0 saturated heterocycles. The van der Waals surface area contributed by atoms with E-state index in [1.54, 1.807) is 0 Å². The lowest BCUT2D eigenvalue weighted by molar-refractivity contribution is 0.222. The van der Waals surface area contributed by atoms with Gasteiger partial charge in [0, 0.05) is 4.83 Å². The van der Waals surface area contributed by atoms with Crippen molar-refractivity contribution in [3.8, 4) is 0 Å². The minimum absolute atomic E-state index is 0.0507. The van der Waals surface area contributed by atoms with Crippen LogP contribution >= 0.6 is 15.9 Å². The van der Waals surface area contributed by atoms with E-state index in [2.05, 4.69) is 15.9 Å². The molecule has 3 heteroatoms. The number of hydrogen-bond acceptors (Lipinski definition) is 1. The first-order chi connectivity index (χ1) is 4.74. The lowest BCUT2D eigenvalue weighted by atomic mass is 9.88. The number of halogens is 2. The molecule has 2 N–H and O–H groups in total. The minimum Gasteiger partial charge on any atom is -0.330 e. The van der Waals surface area contributed by atoms with Gasteiger partial charge in [-0.2, -0.15) is 0 Å². The Hall–Kier alpha value is 0.370. The monoisotopic (exact) mass is 209 g/mol. The first-order valence-corrected chi connectivity index (χ1v) is 4.63. The van der Waals surface area contributed by atoms with E-state index in [4.69, 9.17) is 5.73 Å². The van der Waals surface area contributed by atoms with Crippen molar-refractivity contribution < 1.29 is 4.39 Å². The minimum atomic E-state index is -0.650. The smallest absolute Gasteiger partial charge is 0.113 e. The molecule has 0 aromatic heterocycles. The van der Waals surface area contributed by atoms with Crippen molar-refractivity contribution in [2.75, 3.05) is 6.54 Å². The number of alkyl halides is 2. The maximum Gasteiger partial charge on any atom is 0.113 e. The average Bonchev–Trinajstić information content (AvgIpc) is 1.95. The Balaban J connectivity index is 2.33.